The number of aryl methyl sites for hydroxylation is 2. The lowest BCUT2D eigenvalue weighted by atomic mass is 9.89. The Balaban J connectivity index is 0.00000225. The molecule has 3 rings (SSSR count). The van der Waals surface area contributed by atoms with Crippen LogP contribution in [0.3, 0.4) is 0 Å². The SMILES string of the molecule is CC1CC(CN)CN1C(=O)CCC(=O)c1ccc2c(c1)CCCC2.Cl. The van der Waals surface area contributed by atoms with Gasteiger partial charge in [0.25, 0.3) is 0 Å². The molecule has 2 aliphatic rings. The van der Waals surface area contributed by atoms with Gasteiger partial charge >= 0.3 is 0 Å². The lowest BCUT2D eigenvalue weighted by Gasteiger charge is -2.21. The average molecular weight is 365 g/mol. The van der Waals surface area contributed by atoms with Gasteiger partial charge < -0.3 is 10.6 Å². The van der Waals surface area contributed by atoms with Gasteiger partial charge in [0.1, 0.15) is 0 Å². The van der Waals surface area contributed by atoms with E-state index < -0.39 is 0 Å². The predicted octanol–water partition coefficient (Wildman–Crippen LogP) is 3.15. The number of carbonyl (C=O) groups excluding carboxylic acids is 2. The second-order valence-electron chi connectivity index (χ2n) is 7.35. The molecule has 2 atom stereocenters. The van der Waals surface area contributed by atoms with Crippen LogP contribution in [0.15, 0.2) is 18.2 Å². The molecule has 0 radical (unpaired) electrons. The van der Waals surface area contributed by atoms with Crippen LogP contribution in [0.5, 0.6) is 0 Å². The zero-order valence-electron chi connectivity index (χ0n) is 15.0. The van der Waals surface area contributed by atoms with Crippen molar-refractivity contribution in [1.29, 1.82) is 0 Å². The average Bonchev–Trinajstić information content (AvgIpc) is 3.00. The third-order valence-electron chi connectivity index (χ3n) is 5.55. The van der Waals surface area contributed by atoms with E-state index in [1.807, 2.05) is 17.0 Å². The number of hydrogen-bond acceptors (Lipinski definition) is 3. The van der Waals surface area contributed by atoms with Gasteiger partial charge in [0, 0.05) is 31.0 Å². The van der Waals surface area contributed by atoms with Gasteiger partial charge in [-0.1, -0.05) is 12.1 Å². The Morgan fingerprint density at radius 3 is 2.56 bits per heavy atom. The van der Waals surface area contributed by atoms with Crippen LogP contribution >= 0.6 is 12.4 Å². The van der Waals surface area contributed by atoms with Gasteiger partial charge in [-0.05, 0) is 68.7 Å². The van der Waals surface area contributed by atoms with E-state index >= 15 is 0 Å². The quantitative estimate of drug-likeness (QED) is 0.816. The van der Waals surface area contributed by atoms with Crippen molar-refractivity contribution in [2.75, 3.05) is 13.1 Å². The van der Waals surface area contributed by atoms with Gasteiger partial charge in [0.15, 0.2) is 5.78 Å². The number of carbonyl (C=O) groups is 2. The topological polar surface area (TPSA) is 63.4 Å². The molecule has 1 heterocycles. The summed E-state index contributed by atoms with van der Waals surface area (Å²) in [6.45, 7) is 3.44. The number of nitrogens with two attached hydrogens (primary N) is 1. The summed E-state index contributed by atoms with van der Waals surface area (Å²) in [5.74, 6) is 0.573. The van der Waals surface area contributed by atoms with Crippen LogP contribution in [-0.2, 0) is 17.6 Å². The van der Waals surface area contributed by atoms with Gasteiger partial charge in [-0.15, -0.1) is 12.4 Å². The lowest BCUT2D eigenvalue weighted by Crippen LogP contribution is -2.34. The van der Waals surface area contributed by atoms with Crippen molar-refractivity contribution in [3.05, 3.63) is 34.9 Å². The minimum atomic E-state index is 0. The van der Waals surface area contributed by atoms with Gasteiger partial charge in [0.05, 0.1) is 0 Å². The molecule has 1 aromatic carbocycles. The number of ketones is 1. The highest BCUT2D eigenvalue weighted by atomic mass is 35.5. The van der Waals surface area contributed by atoms with Crippen LogP contribution in [0.25, 0.3) is 0 Å². The Kier molecular flexibility index (Phi) is 7.03. The van der Waals surface area contributed by atoms with E-state index in [0.29, 0.717) is 25.3 Å². The standard InChI is InChI=1S/C20H28N2O2.ClH/c1-14-10-15(12-21)13-22(14)20(24)9-8-19(23)18-7-6-16-4-2-3-5-17(16)11-18;/h6-7,11,14-15H,2-5,8-10,12-13,21H2,1H3;1H. The number of benzene rings is 1. The third kappa shape index (κ3) is 4.62. The molecule has 5 heteroatoms. The van der Waals surface area contributed by atoms with Crippen molar-refractivity contribution in [3.63, 3.8) is 0 Å². The monoisotopic (exact) mass is 364 g/mol. The maximum atomic E-state index is 12.5. The fourth-order valence-electron chi connectivity index (χ4n) is 4.08. The first-order chi connectivity index (χ1) is 11.6. The van der Waals surface area contributed by atoms with Crippen LogP contribution < -0.4 is 5.73 Å². The molecule has 1 amide bonds. The summed E-state index contributed by atoms with van der Waals surface area (Å²) in [5, 5.41) is 0. The molecule has 0 saturated carbocycles. The van der Waals surface area contributed by atoms with E-state index in [-0.39, 0.29) is 30.1 Å². The van der Waals surface area contributed by atoms with E-state index in [2.05, 4.69) is 13.0 Å². The lowest BCUT2D eigenvalue weighted by molar-refractivity contribution is -0.131. The molecule has 1 saturated heterocycles. The van der Waals surface area contributed by atoms with Crippen LogP contribution in [-0.4, -0.2) is 35.7 Å². The third-order valence-corrected chi connectivity index (χ3v) is 5.55. The number of nitrogens with zero attached hydrogens (tertiary/aromatic N) is 1. The summed E-state index contributed by atoms with van der Waals surface area (Å²) in [7, 11) is 0. The maximum Gasteiger partial charge on any atom is 0.223 e. The first-order valence-electron chi connectivity index (χ1n) is 9.23. The molecule has 0 aromatic heterocycles. The molecule has 138 valence electrons. The Hall–Kier alpha value is -1.39. The summed E-state index contributed by atoms with van der Waals surface area (Å²) in [5.41, 5.74) is 9.18. The molecule has 2 N–H and O–H groups in total. The molecule has 1 fully saturated rings. The van der Waals surface area contributed by atoms with Crippen LogP contribution in [0.1, 0.15) is 60.5 Å². The van der Waals surface area contributed by atoms with Gasteiger partial charge in [-0.2, -0.15) is 0 Å². The molecule has 0 spiro atoms. The summed E-state index contributed by atoms with van der Waals surface area (Å²) >= 11 is 0. The summed E-state index contributed by atoms with van der Waals surface area (Å²) < 4.78 is 0. The molecule has 0 bridgehead atoms. The van der Waals surface area contributed by atoms with Gasteiger partial charge in [-0.25, -0.2) is 0 Å². The Morgan fingerprint density at radius 2 is 1.88 bits per heavy atom. The van der Waals surface area contributed by atoms with Crippen molar-refractivity contribution < 1.29 is 9.59 Å². The van der Waals surface area contributed by atoms with Crippen LogP contribution in [0.2, 0.25) is 0 Å². The molecule has 4 nitrogen and oxygen atoms in total. The molecule has 1 aliphatic carbocycles. The maximum absolute atomic E-state index is 12.5. The van der Waals surface area contributed by atoms with E-state index in [1.165, 1.54) is 24.0 Å². The summed E-state index contributed by atoms with van der Waals surface area (Å²) in [4.78, 5) is 26.8. The molecule has 2 unspecified atom stereocenters. The predicted molar refractivity (Wildman–Crippen MR) is 102 cm³/mol. The van der Waals surface area contributed by atoms with E-state index in [4.69, 9.17) is 5.73 Å². The largest absolute Gasteiger partial charge is 0.340 e. The first kappa shape index (κ1) is 19.9. The number of Topliss-reactive ketones (excluding diaryl/α,β-unsaturated/α-hetero) is 1. The van der Waals surface area contributed by atoms with E-state index in [0.717, 1.165) is 31.4 Å². The van der Waals surface area contributed by atoms with E-state index in [1.54, 1.807) is 0 Å². The number of hydrogen-bond donors (Lipinski definition) is 1. The zero-order valence-corrected chi connectivity index (χ0v) is 15.8. The minimum absolute atomic E-state index is 0. The highest BCUT2D eigenvalue weighted by Crippen LogP contribution is 2.25. The molecule has 25 heavy (non-hydrogen) atoms. The Bertz CT molecular complexity index is 632. The van der Waals surface area contributed by atoms with Crippen LogP contribution in [0, 0.1) is 5.92 Å². The number of likely N-dealkylation sites (tertiary alicyclic amines) is 1. The van der Waals surface area contributed by atoms with Gasteiger partial charge in [-0.3, -0.25) is 9.59 Å². The van der Waals surface area contributed by atoms with Gasteiger partial charge in [0.2, 0.25) is 5.91 Å². The van der Waals surface area contributed by atoms with E-state index in [9.17, 15) is 9.59 Å². The second kappa shape index (κ2) is 8.81. The summed E-state index contributed by atoms with van der Waals surface area (Å²) in [6.07, 6.45) is 6.22. The van der Waals surface area contributed by atoms with Crippen molar-refractivity contribution in [2.24, 2.45) is 11.7 Å². The minimum Gasteiger partial charge on any atom is -0.340 e. The highest BCUT2D eigenvalue weighted by Gasteiger charge is 2.31. The molecular formula is C20H29ClN2O2. The molecule has 1 aromatic rings. The van der Waals surface area contributed by atoms with Crippen molar-refractivity contribution >= 4 is 24.1 Å². The first-order valence-corrected chi connectivity index (χ1v) is 9.23. The zero-order chi connectivity index (χ0) is 17.1. The number of amides is 1. The normalized spacial score (nSPS) is 22.2. The number of fused-ring (bicyclic) bond motifs is 1. The Labute approximate surface area is 156 Å². The second-order valence-corrected chi connectivity index (χ2v) is 7.35. The molecular weight excluding hydrogens is 336 g/mol. The van der Waals surface area contributed by atoms with Crippen LogP contribution in [0.4, 0.5) is 0 Å². The summed E-state index contributed by atoms with van der Waals surface area (Å²) in [6, 6.07) is 6.31. The Morgan fingerprint density at radius 1 is 1.16 bits per heavy atom. The van der Waals surface area contributed by atoms with Crippen molar-refractivity contribution in [2.45, 2.75) is 57.9 Å². The smallest absolute Gasteiger partial charge is 0.223 e. The number of rotatable bonds is 5. The molecule has 1 aliphatic heterocycles. The van der Waals surface area contributed by atoms with Crippen molar-refractivity contribution in [1.82, 2.24) is 4.90 Å². The van der Waals surface area contributed by atoms with Crippen molar-refractivity contribution in [3.8, 4) is 0 Å². The fourth-order valence-corrected chi connectivity index (χ4v) is 4.08. The highest BCUT2D eigenvalue weighted by molar-refractivity contribution is 5.98. The number of halogens is 1. The fraction of sp³-hybridized carbons (Fsp3) is 0.600.